The van der Waals surface area contributed by atoms with Crippen molar-refractivity contribution in [3.63, 3.8) is 0 Å². The molecule has 126 valence electrons. The Hall–Kier alpha value is -0.0800. The minimum atomic E-state index is -0.330. The molecule has 1 aliphatic heterocycles. The normalized spacial score (nSPS) is 59.7. The maximum atomic E-state index is 6.73. The first-order valence-corrected chi connectivity index (χ1v) is 9.53. The largest absolute Gasteiger partial charge is 0.344 e. The molecule has 3 saturated carbocycles. The summed E-state index contributed by atoms with van der Waals surface area (Å²) in [5.74, 6) is 3.57. The Balaban J connectivity index is 1.65. The summed E-state index contributed by atoms with van der Waals surface area (Å²) in [5.41, 5.74) is 0.271. The van der Waals surface area contributed by atoms with Crippen LogP contribution in [0.15, 0.2) is 0 Å². The maximum absolute atomic E-state index is 6.73. The van der Waals surface area contributed by atoms with Gasteiger partial charge in [0.1, 0.15) is 0 Å². The van der Waals surface area contributed by atoms with Gasteiger partial charge in [-0.15, -0.1) is 0 Å². The predicted molar refractivity (Wildman–Crippen MR) is 88.4 cm³/mol. The zero-order valence-electron chi connectivity index (χ0n) is 15.3. The standard InChI is InChI=1S/C20H34O2/c1-12-7-8-15-14(12)10-17-19(5,11-18(15,3)4)22-20(6,21-17)16-9-13(16)2/h12-17H,7-11H2,1-6H3/t12-,13?,14?,15-,16?,17+,19-,20+/m1/s1. The first-order valence-electron chi connectivity index (χ1n) is 9.53. The van der Waals surface area contributed by atoms with Crippen molar-refractivity contribution in [3.05, 3.63) is 0 Å². The van der Waals surface area contributed by atoms with Gasteiger partial charge in [-0.2, -0.15) is 0 Å². The fourth-order valence-electron chi connectivity index (χ4n) is 6.54. The van der Waals surface area contributed by atoms with Crippen LogP contribution in [0.4, 0.5) is 0 Å². The maximum Gasteiger partial charge on any atom is 0.169 e. The summed E-state index contributed by atoms with van der Waals surface area (Å²) in [7, 11) is 0. The van der Waals surface area contributed by atoms with E-state index >= 15 is 0 Å². The Morgan fingerprint density at radius 1 is 0.864 bits per heavy atom. The highest BCUT2D eigenvalue weighted by atomic mass is 16.8. The zero-order valence-corrected chi connectivity index (χ0v) is 15.3. The highest BCUT2D eigenvalue weighted by Gasteiger charge is 2.64. The summed E-state index contributed by atoms with van der Waals surface area (Å²) in [6, 6.07) is 0. The third-order valence-electron chi connectivity index (χ3n) is 7.75. The minimum Gasteiger partial charge on any atom is -0.344 e. The zero-order chi connectivity index (χ0) is 15.9. The third kappa shape index (κ3) is 2.13. The lowest BCUT2D eigenvalue weighted by Gasteiger charge is -2.39. The quantitative estimate of drug-likeness (QED) is 0.677. The van der Waals surface area contributed by atoms with Gasteiger partial charge in [-0.05, 0) is 68.6 Å². The molecule has 2 nitrogen and oxygen atoms in total. The summed E-state index contributed by atoms with van der Waals surface area (Å²) >= 11 is 0. The van der Waals surface area contributed by atoms with Gasteiger partial charge in [0.25, 0.3) is 0 Å². The van der Waals surface area contributed by atoms with Gasteiger partial charge in [0.2, 0.25) is 0 Å². The van der Waals surface area contributed by atoms with Crippen LogP contribution in [-0.2, 0) is 9.47 Å². The Kier molecular flexibility index (Phi) is 3.16. The van der Waals surface area contributed by atoms with E-state index in [-0.39, 0.29) is 11.4 Å². The van der Waals surface area contributed by atoms with Crippen molar-refractivity contribution in [1.29, 1.82) is 0 Å². The lowest BCUT2D eigenvalue weighted by atomic mass is 9.69. The van der Waals surface area contributed by atoms with E-state index in [9.17, 15) is 0 Å². The smallest absolute Gasteiger partial charge is 0.169 e. The fourth-order valence-corrected chi connectivity index (χ4v) is 6.54. The van der Waals surface area contributed by atoms with E-state index in [0.717, 1.165) is 30.1 Å². The van der Waals surface area contributed by atoms with Gasteiger partial charge in [-0.1, -0.05) is 34.1 Å². The summed E-state index contributed by atoms with van der Waals surface area (Å²) < 4.78 is 13.4. The summed E-state index contributed by atoms with van der Waals surface area (Å²) in [4.78, 5) is 0. The van der Waals surface area contributed by atoms with Crippen LogP contribution in [0.1, 0.15) is 73.6 Å². The molecule has 0 aromatic heterocycles. The molecule has 0 N–H and O–H groups in total. The number of ether oxygens (including phenoxy) is 2. The second-order valence-corrected chi connectivity index (χ2v) is 10.1. The molecule has 22 heavy (non-hydrogen) atoms. The van der Waals surface area contributed by atoms with E-state index in [0.29, 0.717) is 17.4 Å². The minimum absolute atomic E-state index is 0.0926. The molecule has 8 atom stereocenters. The molecule has 4 rings (SSSR count). The molecule has 0 spiro atoms. The third-order valence-corrected chi connectivity index (χ3v) is 7.75. The molecule has 0 amide bonds. The summed E-state index contributed by atoms with van der Waals surface area (Å²) in [6.07, 6.45) is 6.72. The molecule has 4 aliphatic rings. The van der Waals surface area contributed by atoms with Crippen LogP contribution in [0.25, 0.3) is 0 Å². The van der Waals surface area contributed by atoms with E-state index < -0.39 is 0 Å². The van der Waals surface area contributed by atoms with Crippen molar-refractivity contribution in [1.82, 2.24) is 0 Å². The molecule has 0 bridgehead atoms. The van der Waals surface area contributed by atoms with Crippen molar-refractivity contribution in [3.8, 4) is 0 Å². The molecule has 2 heteroatoms. The Morgan fingerprint density at radius 3 is 2.18 bits per heavy atom. The van der Waals surface area contributed by atoms with Crippen LogP contribution in [0, 0.1) is 35.0 Å². The highest BCUT2D eigenvalue weighted by Crippen LogP contribution is 2.61. The van der Waals surface area contributed by atoms with Gasteiger partial charge in [-0.25, -0.2) is 0 Å². The summed E-state index contributed by atoms with van der Waals surface area (Å²) in [6.45, 7) is 14.3. The van der Waals surface area contributed by atoms with E-state index in [1.54, 1.807) is 0 Å². The highest BCUT2D eigenvalue weighted by molar-refractivity contribution is 5.08. The SMILES string of the molecule is CC1CC1[C@@]1(C)O[C@H]2CC3[C@H](C)CC[C@H]3C(C)(C)C[C@@]2(C)O1. The molecule has 0 radical (unpaired) electrons. The van der Waals surface area contributed by atoms with Crippen molar-refractivity contribution in [2.24, 2.45) is 35.0 Å². The van der Waals surface area contributed by atoms with Gasteiger partial charge < -0.3 is 9.47 Å². The van der Waals surface area contributed by atoms with E-state index in [1.165, 1.54) is 25.7 Å². The number of fused-ring (bicyclic) bond motifs is 2. The van der Waals surface area contributed by atoms with Crippen LogP contribution in [0.5, 0.6) is 0 Å². The summed E-state index contributed by atoms with van der Waals surface area (Å²) in [5, 5.41) is 0. The van der Waals surface area contributed by atoms with Gasteiger partial charge in [0.05, 0.1) is 11.7 Å². The van der Waals surface area contributed by atoms with E-state index in [4.69, 9.17) is 9.47 Å². The molecule has 1 saturated heterocycles. The molecule has 3 unspecified atom stereocenters. The Labute approximate surface area is 136 Å². The Bertz CT molecular complexity index is 472. The molecule has 0 aromatic carbocycles. The van der Waals surface area contributed by atoms with Crippen molar-refractivity contribution >= 4 is 0 Å². The molecule has 1 heterocycles. The van der Waals surface area contributed by atoms with Crippen LogP contribution in [-0.4, -0.2) is 17.5 Å². The van der Waals surface area contributed by atoms with Gasteiger partial charge >= 0.3 is 0 Å². The van der Waals surface area contributed by atoms with Crippen molar-refractivity contribution in [2.45, 2.75) is 91.1 Å². The first-order chi connectivity index (χ1) is 10.1. The number of hydrogen-bond acceptors (Lipinski definition) is 2. The average molecular weight is 306 g/mol. The van der Waals surface area contributed by atoms with Gasteiger partial charge in [0.15, 0.2) is 5.79 Å². The molecular formula is C20H34O2. The topological polar surface area (TPSA) is 18.5 Å². The Morgan fingerprint density at radius 2 is 1.55 bits per heavy atom. The lowest BCUT2D eigenvalue weighted by molar-refractivity contribution is -0.198. The van der Waals surface area contributed by atoms with Gasteiger partial charge in [-0.3, -0.25) is 0 Å². The molecule has 0 aromatic rings. The van der Waals surface area contributed by atoms with Crippen molar-refractivity contribution in [2.75, 3.05) is 0 Å². The second-order valence-electron chi connectivity index (χ2n) is 10.1. The van der Waals surface area contributed by atoms with E-state index in [1.807, 2.05) is 0 Å². The molecular weight excluding hydrogens is 272 g/mol. The molecule has 3 aliphatic carbocycles. The van der Waals surface area contributed by atoms with E-state index in [2.05, 4.69) is 41.5 Å². The van der Waals surface area contributed by atoms with Crippen LogP contribution >= 0.6 is 0 Å². The molecule has 4 fully saturated rings. The second kappa shape index (κ2) is 4.51. The lowest BCUT2D eigenvalue weighted by Crippen LogP contribution is -2.41. The monoisotopic (exact) mass is 306 g/mol. The predicted octanol–water partition coefficient (Wildman–Crippen LogP) is 5.02. The van der Waals surface area contributed by atoms with Crippen LogP contribution in [0.3, 0.4) is 0 Å². The van der Waals surface area contributed by atoms with Crippen LogP contribution < -0.4 is 0 Å². The number of hydrogen-bond donors (Lipinski definition) is 0. The van der Waals surface area contributed by atoms with Gasteiger partial charge in [0, 0.05) is 5.92 Å². The first kappa shape index (κ1) is 15.4. The number of rotatable bonds is 1. The fraction of sp³-hybridized carbons (Fsp3) is 1.00. The average Bonchev–Trinajstić information content (AvgIpc) is 2.94. The van der Waals surface area contributed by atoms with Crippen LogP contribution in [0.2, 0.25) is 0 Å². The van der Waals surface area contributed by atoms with Crippen molar-refractivity contribution < 1.29 is 9.47 Å².